The van der Waals surface area contributed by atoms with Crippen LogP contribution in [0.15, 0.2) is 18.2 Å². The van der Waals surface area contributed by atoms with Crippen LogP contribution in [0.4, 0.5) is 11.4 Å². The van der Waals surface area contributed by atoms with Crippen molar-refractivity contribution in [2.45, 2.75) is 86.0 Å². The summed E-state index contributed by atoms with van der Waals surface area (Å²) in [7, 11) is 0. The van der Waals surface area contributed by atoms with Crippen molar-refractivity contribution in [3.05, 3.63) is 28.7 Å². The fraction of sp³-hybridized carbons (Fsp3) is 0.760. The largest absolute Gasteiger partial charge is 0.388 e. The van der Waals surface area contributed by atoms with Crippen molar-refractivity contribution in [1.29, 1.82) is 5.39 Å². The molecule has 5 nitrogen and oxygen atoms in total. The molecule has 30 heavy (non-hydrogen) atoms. The Morgan fingerprint density at radius 2 is 1.17 bits per heavy atom. The van der Waals surface area contributed by atoms with Crippen LogP contribution in [-0.4, -0.2) is 49.3 Å². The molecule has 0 atom stereocenters. The SMILES string of the molecule is CCCCN(CCCC)CN(CN(CCCC)CCCC)c1ccc([N+]#N)c(C)c1. The number of diazo groups is 1. The van der Waals surface area contributed by atoms with Crippen LogP contribution in [0.1, 0.15) is 84.6 Å². The maximum Gasteiger partial charge on any atom is 0.388 e. The molecule has 0 heterocycles. The van der Waals surface area contributed by atoms with Crippen molar-refractivity contribution in [3.63, 3.8) is 0 Å². The Hall–Kier alpha value is -1.64. The monoisotopic (exact) mass is 416 g/mol. The third kappa shape index (κ3) is 9.91. The minimum atomic E-state index is 0.654. The van der Waals surface area contributed by atoms with Gasteiger partial charge in [-0.3, -0.25) is 9.80 Å². The second kappa shape index (κ2) is 16.1. The zero-order valence-electron chi connectivity index (χ0n) is 20.4. The highest BCUT2D eigenvalue weighted by molar-refractivity contribution is 5.60. The zero-order valence-corrected chi connectivity index (χ0v) is 20.4. The van der Waals surface area contributed by atoms with Gasteiger partial charge in [-0.05, 0) is 70.9 Å². The van der Waals surface area contributed by atoms with E-state index in [0.717, 1.165) is 45.1 Å². The van der Waals surface area contributed by atoms with E-state index in [1.165, 1.54) is 57.1 Å². The lowest BCUT2D eigenvalue weighted by atomic mass is 10.1. The van der Waals surface area contributed by atoms with Gasteiger partial charge in [0.1, 0.15) is 0 Å². The second-order valence-corrected chi connectivity index (χ2v) is 8.54. The van der Waals surface area contributed by atoms with Crippen LogP contribution in [0.5, 0.6) is 0 Å². The van der Waals surface area contributed by atoms with E-state index in [1.54, 1.807) is 0 Å². The molecule has 0 aliphatic rings. The van der Waals surface area contributed by atoms with Crippen molar-refractivity contribution in [3.8, 4) is 0 Å². The number of unbranched alkanes of at least 4 members (excludes halogenated alkanes) is 4. The molecular weight excluding hydrogens is 370 g/mol. The molecule has 0 unspecified atom stereocenters. The van der Waals surface area contributed by atoms with E-state index in [2.05, 4.69) is 59.5 Å². The minimum Gasteiger partial charge on any atom is -0.346 e. The van der Waals surface area contributed by atoms with E-state index in [0.29, 0.717) is 5.69 Å². The molecule has 1 rings (SSSR count). The van der Waals surface area contributed by atoms with Crippen LogP contribution in [0, 0.1) is 12.3 Å². The standard InChI is InChI=1S/C25H46N5/c1-6-10-16-28(17-11-7-2)21-30(22-29(18-12-8-3)19-13-9-4)24-14-15-25(27-26)23(5)20-24/h14-15,20H,6-13,16-19,21-22H2,1-5H3/q+1. The van der Waals surface area contributed by atoms with Gasteiger partial charge in [-0.1, -0.05) is 53.4 Å². The topological polar surface area (TPSA) is 37.9 Å². The molecule has 0 aliphatic carbocycles. The highest BCUT2D eigenvalue weighted by atomic mass is 15.4. The molecular formula is C25H46N5+. The predicted octanol–water partition coefficient (Wildman–Crippen LogP) is 7.01. The quantitative estimate of drug-likeness (QED) is 0.202. The third-order valence-electron chi connectivity index (χ3n) is 5.71. The van der Waals surface area contributed by atoms with Gasteiger partial charge in [0.05, 0.1) is 13.3 Å². The maximum absolute atomic E-state index is 9.22. The summed E-state index contributed by atoms with van der Waals surface area (Å²) in [5, 5.41) is 9.22. The van der Waals surface area contributed by atoms with Crippen LogP contribution >= 0.6 is 0 Å². The summed E-state index contributed by atoms with van der Waals surface area (Å²) < 4.78 is 0. The van der Waals surface area contributed by atoms with E-state index in [1.807, 2.05) is 13.0 Å². The number of aryl methyl sites for hydroxylation is 1. The Kier molecular flexibility index (Phi) is 14.2. The van der Waals surface area contributed by atoms with E-state index >= 15 is 0 Å². The summed E-state index contributed by atoms with van der Waals surface area (Å²) >= 11 is 0. The molecule has 0 N–H and O–H groups in total. The lowest BCUT2D eigenvalue weighted by molar-refractivity contribution is 0.220. The Labute approximate surface area is 186 Å². The van der Waals surface area contributed by atoms with E-state index in [-0.39, 0.29) is 0 Å². The van der Waals surface area contributed by atoms with Crippen LogP contribution in [0.3, 0.4) is 0 Å². The van der Waals surface area contributed by atoms with Gasteiger partial charge >= 0.3 is 5.69 Å². The second-order valence-electron chi connectivity index (χ2n) is 8.54. The van der Waals surface area contributed by atoms with Gasteiger partial charge < -0.3 is 4.90 Å². The van der Waals surface area contributed by atoms with Crippen molar-refractivity contribution in [1.82, 2.24) is 9.80 Å². The van der Waals surface area contributed by atoms with Crippen molar-refractivity contribution in [2.75, 3.05) is 44.4 Å². The average Bonchev–Trinajstić information content (AvgIpc) is 2.76. The van der Waals surface area contributed by atoms with Gasteiger partial charge in [0, 0.05) is 17.3 Å². The van der Waals surface area contributed by atoms with Crippen molar-refractivity contribution >= 4 is 11.4 Å². The van der Waals surface area contributed by atoms with Crippen molar-refractivity contribution < 1.29 is 0 Å². The molecule has 1 aromatic carbocycles. The summed E-state index contributed by atoms with van der Waals surface area (Å²) in [5.74, 6) is 0. The summed E-state index contributed by atoms with van der Waals surface area (Å²) in [6, 6.07) is 6.21. The first-order valence-electron chi connectivity index (χ1n) is 12.2. The molecule has 0 aromatic heterocycles. The van der Waals surface area contributed by atoms with E-state index < -0.39 is 0 Å². The van der Waals surface area contributed by atoms with Gasteiger partial charge in [0.15, 0.2) is 4.98 Å². The molecule has 0 saturated carbocycles. The molecule has 170 valence electrons. The molecule has 0 aliphatic heterocycles. The Morgan fingerprint density at radius 3 is 1.50 bits per heavy atom. The number of hydrogen-bond acceptors (Lipinski definition) is 4. The Bertz CT molecular complexity index is 572. The zero-order chi connectivity index (χ0) is 22.2. The van der Waals surface area contributed by atoms with E-state index in [9.17, 15) is 5.39 Å². The lowest BCUT2D eigenvalue weighted by Crippen LogP contribution is -2.45. The number of rotatable bonds is 17. The number of anilines is 1. The molecule has 0 saturated heterocycles. The summed E-state index contributed by atoms with van der Waals surface area (Å²) in [5.41, 5.74) is 2.89. The van der Waals surface area contributed by atoms with Crippen molar-refractivity contribution in [2.24, 2.45) is 0 Å². The summed E-state index contributed by atoms with van der Waals surface area (Å²) in [6.45, 7) is 17.6. The van der Waals surface area contributed by atoms with Crippen LogP contribution in [0.2, 0.25) is 0 Å². The fourth-order valence-corrected chi connectivity index (χ4v) is 3.67. The number of hydrogen-bond donors (Lipinski definition) is 0. The minimum absolute atomic E-state index is 0.654. The predicted molar refractivity (Wildman–Crippen MR) is 131 cm³/mol. The summed E-state index contributed by atoms with van der Waals surface area (Å²) in [6.07, 6.45) is 9.90. The first-order valence-corrected chi connectivity index (χ1v) is 12.2. The van der Waals surface area contributed by atoms with Gasteiger partial charge in [-0.25, -0.2) is 0 Å². The highest BCUT2D eigenvalue weighted by Gasteiger charge is 2.18. The third-order valence-corrected chi connectivity index (χ3v) is 5.71. The molecule has 0 fully saturated rings. The Balaban J connectivity index is 3.08. The normalized spacial score (nSPS) is 11.3. The molecule has 1 aromatic rings. The fourth-order valence-electron chi connectivity index (χ4n) is 3.67. The highest BCUT2D eigenvalue weighted by Crippen LogP contribution is 2.25. The summed E-state index contributed by atoms with van der Waals surface area (Å²) in [4.78, 5) is 11.2. The lowest BCUT2D eigenvalue weighted by Gasteiger charge is -2.36. The van der Waals surface area contributed by atoms with Gasteiger partial charge in [0.25, 0.3) is 0 Å². The van der Waals surface area contributed by atoms with E-state index in [4.69, 9.17) is 0 Å². The smallest absolute Gasteiger partial charge is 0.346 e. The first-order chi connectivity index (χ1) is 14.6. The molecule has 5 heteroatoms. The van der Waals surface area contributed by atoms with Crippen LogP contribution in [0.25, 0.3) is 4.98 Å². The number of nitrogens with zero attached hydrogens (tertiary/aromatic N) is 5. The van der Waals surface area contributed by atoms with Gasteiger partial charge in [0.2, 0.25) is 5.39 Å². The van der Waals surface area contributed by atoms with Gasteiger partial charge in [-0.2, -0.15) is 0 Å². The average molecular weight is 417 g/mol. The van der Waals surface area contributed by atoms with Gasteiger partial charge in [-0.15, -0.1) is 0 Å². The molecule has 0 spiro atoms. The van der Waals surface area contributed by atoms with Crippen LogP contribution < -0.4 is 4.90 Å². The maximum atomic E-state index is 9.22. The molecule has 0 bridgehead atoms. The Morgan fingerprint density at radius 1 is 0.733 bits per heavy atom. The number of benzene rings is 1. The van der Waals surface area contributed by atoms with Crippen LogP contribution in [-0.2, 0) is 0 Å². The molecule has 0 radical (unpaired) electrons. The molecule has 0 amide bonds. The first kappa shape index (κ1) is 26.4.